The van der Waals surface area contributed by atoms with E-state index in [9.17, 15) is 9.18 Å². The van der Waals surface area contributed by atoms with E-state index in [1.54, 1.807) is 23.0 Å². The van der Waals surface area contributed by atoms with Gasteiger partial charge in [0.15, 0.2) is 0 Å². The van der Waals surface area contributed by atoms with E-state index >= 15 is 0 Å². The van der Waals surface area contributed by atoms with Gasteiger partial charge in [-0.15, -0.1) is 0 Å². The van der Waals surface area contributed by atoms with E-state index in [1.165, 1.54) is 30.5 Å². The summed E-state index contributed by atoms with van der Waals surface area (Å²) in [5.74, 6) is 0.333. The fraction of sp³-hybridized carbons (Fsp3) is 0.143. The summed E-state index contributed by atoms with van der Waals surface area (Å²) in [6.07, 6.45) is 4.06. The van der Waals surface area contributed by atoms with Gasteiger partial charge in [-0.05, 0) is 48.6 Å². The minimum absolute atomic E-state index is 0.213. The zero-order valence-electron chi connectivity index (χ0n) is 13.9. The number of benzene rings is 2. The summed E-state index contributed by atoms with van der Waals surface area (Å²) < 4.78 is 16.3. The Kier molecular flexibility index (Phi) is 3.28. The molecule has 5 rings (SSSR count). The highest BCUT2D eigenvalue weighted by Crippen LogP contribution is 2.40. The van der Waals surface area contributed by atoms with Gasteiger partial charge in [0.05, 0.1) is 5.69 Å². The number of aromatic nitrogens is 3. The Morgan fingerprint density at radius 1 is 1.08 bits per heavy atom. The molecule has 0 spiro atoms. The molecule has 128 valence electrons. The second kappa shape index (κ2) is 5.66. The summed E-state index contributed by atoms with van der Waals surface area (Å²) in [6, 6.07) is 16.3. The van der Waals surface area contributed by atoms with Crippen molar-refractivity contribution in [2.75, 3.05) is 0 Å². The number of fused-ring (bicyclic) bond motifs is 1. The molecule has 0 amide bonds. The van der Waals surface area contributed by atoms with Crippen LogP contribution in [0.15, 0.2) is 65.6 Å². The Hall–Kier alpha value is -3.21. The fourth-order valence-electron chi connectivity index (χ4n) is 3.42. The predicted octanol–water partition coefficient (Wildman–Crippen LogP) is 4.40. The van der Waals surface area contributed by atoms with Gasteiger partial charge in [0.25, 0.3) is 0 Å². The third kappa shape index (κ3) is 2.44. The van der Waals surface area contributed by atoms with Crippen LogP contribution in [0.5, 0.6) is 0 Å². The van der Waals surface area contributed by atoms with Gasteiger partial charge in [0, 0.05) is 23.2 Å². The minimum Gasteiger partial charge on any atom is -0.329 e. The number of nitrogens with one attached hydrogen (secondary N) is 1. The molecule has 0 unspecified atom stereocenters. The maximum absolute atomic E-state index is 14.6. The lowest BCUT2D eigenvalue weighted by atomic mass is 10.1. The van der Waals surface area contributed by atoms with Crippen LogP contribution in [0, 0.1) is 5.82 Å². The van der Waals surface area contributed by atoms with Crippen LogP contribution in [-0.4, -0.2) is 14.8 Å². The predicted molar refractivity (Wildman–Crippen MR) is 99.1 cm³/mol. The molecule has 0 aliphatic heterocycles. The number of halogens is 1. The molecule has 1 fully saturated rings. The molecule has 0 atom stereocenters. The Labute approximate surface area is 148 Å². The third-order valence-corrected chi connectivity index (χ3v) is 4.89. The first-order valence-electron chi connectivity index (χ1n) is 8.67. The Morgan fingerprint density at radius 3 is 2.62 bits per heavy atom. The van der Waals surface area contributed by atoms with Crippen LogP contribution >= 0.6 is 0 Å². The number of rotatable bonds is 3. The highest BCUT2D eigenvalue weighted by atomic mass is 19.1. The van der Waals surface area contributed by atoms with Gasteiger partial charge in [-0.2, -0.15) is 5.10 Å². The van der Waals surface area contributed by atoms with Crippen molar-refractivity contribution >= 4 is 10.9 Å². The van der Waals surface area contributed by atoms with Gasteiger partial charge in [0.1, 0.15) is 17.0 Å². The third-order valence-electron chi connectivity index (χ3n) is 4.89. The molecule has 1 aliphatic carbocycles. The standard InChI is InChI=1S/C21H16FN3O/c22-18-3-1-2-17-20(15-10-11-23-19(26)12-15)24-25(21(17)18)16-8-6-14(7-9-16)13-4-5-13/h1-3,6-13H,4-5H2,(H,23,26). The largest absolute Gasteiger partial charge is 0.329 e. The van der Waals surface area contributed by atoms with Crippen molar-refractivity contribution in [3.63, 3.8) is 0 Å². The van der Waals surface area contributed by atoms with Crippen molar-refractivity contribution in [1.29, 1.82) is 0 Å². The Balaban J connectivity index is 1.73. The van der Waals surface area contributed by atoms with Crippen molar-refractivity contribution in [2.24, 2.45) is 0 Å². The van der Waals surface area contributed by atoms with Crippen molar-refractivity contribution < 1.29 is 4.39 Å². The summed E-state index contributed by atoms with van der Waals surface area (Å²) in [4.78, 5) is 14.3. The van der Waals surface area contributed by atoms with Crippen LogP contribution in [-0.2, 0) is 0 Å². The van der Waals surface area contributed by atoms with Gasteiger partial charge in [-0.1, -0.05) is 24.3 Å². The second-order valence-corrected chi connectivity index (χ2v) is 6.70. The second-order valence-electron chi connectivity index (χ2n) is 6.70. The molecule has 1 N–H and O–H groups in total. The summed E-state index contributed by atoms with van der Waals surface area (Å²) in [6.45, 7) is 0. The van der Waals surface area contributed by atoms with Crippen LogP contribution in [0.1, 0.15) is 24.3 Å². The summed E-state index contributed by atoms with van der Waals surface area (Å²) in [5, 5.41) is 5.33. The number of nitrogens with zero attached hydrogens (tertiary/aromatic N) is 2. The molecule has 2 aromatic heterocycles. The number of para-hydroxylation sites is 1. The Morgan fingerprint density at radius 2 is 1.88 bits per heavy atom. The van der Waals surface area contributed by atoms with E-state index < -0.39 is 0 Å². The van der Waals surface area contributed by atoms with E-state index in [0.717, 1.165) is 5.69 Å². The average Bonchev–Trinajstić information content (AvgIpc) is 3.43. The first-order valence-corrected chi connectivity index (χ1v) is 8.67. The van der Waals surface area contributed by atoms with Gasteiger partial charge >= 0.3 is 0 Å². The number of aromatic amines is 1. The Bertz CT molecular complexity index is 1170. The van der Waals surface area contributed by atoms with Crippen LogP contribution < -0.4 is 5.56 Å². The van der Waals surface area contributed by atoms with Crippen LogP contribution in [0.25, 0.3) is 27.8 Å². The van der Waals surface area contributed by atoms with E-state index in [2.05, 4.69) is 22.2 Å². The molecule has 0 radical (unpaired) electrons. The first-order chi connectivity index (χ1) is 12.7. The SMILES string of the molecule is O=c1cc(-c2nn(-c3ccc(C4CC4)cc3)c3c(F)cccc23)cc[nH]1. The van der Waals surface area contributed by atoms with Crippen molar-refractivity contribution in [3.8, 4) is 16.9 Å². The molecule has 4 nitrogen and oxygen atoms in total. The molecule has 0 saturated heterocycles. The van der Waals surface area contributed by atoms with Gasteiger partial charge < -0.3 is 4.98 Å². The van der Waals surface area contributed by atoms with Crippen LogP contribution in [0.4, 0.5) is 4.39 Å². The molecule has 5 heteroatoms. The summed E-state index contributed by atoms with van der Waals surface area (Å²) in [7, 11) is 0. The van der Waals surface area contributed by atoms with Crippen LogP contribution in [0.3, 0.4) is 0 Å². The fourth-order valence-corrected chi connectivity index (χ4v) is 3.42. The lowest BCUT2D eigenvalue weighted by molar-refractivity contribution is 0.632. The molecule has 1 saturated carbocycles. The molecule has 2 heterocycles. The maximum atomic E-state index is 14.6. The molecule has 2 aromatic carbocycles. The normalized spacial score (nSPS) is 14.0. The lowest BCUT2D eigenvalue weighted by Crippen LogP contribution is -2.02. The minimum atomic E-state index is -0.336. The van der Waals surface area contributed by atoms with E-state index in [4.69, 9.17) is 0 Å². The molecule has 0 bridgehead atoms. The van der Waals surface area contributed by atoms with Gasteiger partial charge in [-0.3, -0.25) is 4.79 Å². The topological polar surface area (TPSA) is 50.7 Å². The molecule has 4 aromatic rings. The number of hydrogen-bond donors (Lipinski definition) is 1. The highest BCUT2D eigenvalue weighted by Gasteiger charge is 2.23. The van der Waals surface area contributed by atoms with Crippen molar-refractivity contribution in [3.05, 3.63) is 82.5 Å². The quantitative estimate of drug-likeness (QED) is 0.598. The average molecular weight is 345 g/mol. The lowest BCUT2D eigenvalue weighted by Gasteiger charge is -2.05. The number of H-pyrrole nitrogens is 1. The zero-order chi connectivity index (χ0) is 17.7. The zero-order valence-corrected chi connectivity index (χ0v) is 13.9. The number of hydrogen-bond acceptors (Lipinski definition) is 2. The summed E-state index contributed by atoms with van der Waals surface area (Å²) in [5.41, 5.74) is 3.59. The highest BCUT2D eigenvalue weighted by molar-refractivity contribution is 5.94. The summed E-state index contributed by atoms with van der Waals surface area (Å²) >= 11 is 0. The molecular formula is C21H16FN3O. The molecular weight excluding hydrogens is 329 g/mol. The molecule has 26 heavy (non-hydrogen) atoms. The van der Waals surface area contributed by atoms with Gasteiger partial charge in [0.2, 0.25) is 5.56 Å². The number of pyridine rings is 1. The smallest absolute Gasteiger partial charge is 0.248 e. The van der Waals surface area contributed by atoms with E-state index in [0.29, 0.717) is 28.1 Å². The maximum Gasteiger partial charge on any atom is 0.248 e. The van der Waals surface area contributed by atoms with E-state index in [-0.39, 0.29) is 11.4 Å². The van der Waals surface area contributed by atoms with Crippen LogP contribution in [0.2, 0.25) is 0 Å². The van der Waals surface area contributed by atoms with Crippen molar-refractivity contribution in [2.45, 2.75) is 18.8 Å². The first kappa shape index (κ1) is 15.1. The van der Waals surface area contributed by atoms with Crippen molar-refractivity contribution in [1.82, 2.24) is 14.8 Å². The monoisotopic (exact) mass is 345 g/mol. The molecule has 1 aliphatic rings. The van der Waals surface area contributed by atoms with E-state index in [1.807, 2.05) is 18.2 Å². The van der Waals surface area contributed by atoms with Gasteiger partial charge in [-0.25, -0.2) is 9.07 Å².